The SMILES string of the molecule is Cc1cccc(OC2CC(N)C23CCCCC3)c1[N+](=O)[O-]. The largest absolute Gasteiger partial charge is 0.483 e. The summed E-state index contributed by atoms with van der Waals surface area (Å²) in [5.41, 5.74) is 7.01. The standard InChI is InChI=1S/C16H22N2O3/c1-11-6-5-7-12(15(11)18(19)20)21-14-10-13(17)16(14)8-3-2-4-9-16/h5-7,13-14H,2-4,8-10,17H2,1H3. The Hall–Kier alpha value is -1.62. The Labute approximate surface area is 124 Å². The topological polar surface area (TPSA) is 78.4 Å². The molecule has 5 nitrogen and oxygen atoms in total. The molecule has 1 aromatic rings. The van der Waals surface area contributed by atoms with Gasteiger partial charge >= 0.3 is 5.69 Å². The van der Waals surface area contributed by atoms with E-state index in [1.54, 1.807) is 19.1 Å². The van der Waals surface area contributed by atoms with Gasteiger partial charge in [0.25, 0.3) is 0 Å². The minimum Gasteiger partial charge on any atom is -0.483 e. The number of benzene rings is 1. The molecule has 2 saturated carbocycles. The van der Waals surface area contributed by atoms with Gasteiger partial charge in [0, 0.05) is 23.4 Å². The quantitative estimate of drug-likeness (QED) is 0.684. The number of aryl methyl sites for hydroxylation is 1. The molecule has 2 N–H and O–H groups in total. The van der Waals surface area contributed by atoms with Crippen LogP contribution in [0, 0.1) is 22.5 Å². The van der Waals surface area contributed by atoms with E-state index >= 15 is 0 Å². The minimum atomic E-state index is -0.350. The Bertz CT molecular complexity index is 552. The van der Waals surface area contributed by atoms with Crippen molar-refractivity contribution in [3.05, 3.63) is 33.9 Å². The van der Waals surface area contributed by atoms with E-state index in [2.05, 4.69) is 0 Å². The van der Waals surface area contributed by atoms with Gasteiger partial charge in [-0.15, -0.1) is 0 Å². The van der Waals surface area contributed by atoms with Gasteiger partial charge in [-0.05, 0) is 25.8 Å². The average Bonchev–Trinajstić information content (AvgIpc) is 2.47. The molecule has 0 aromatic heterocycles. The Morgan fingerprint density at radius 2 is 2.05 bits per heavy atom. The van der Waals surface area contributed by atoms with E-state index in [1.165, 1.54) is 19.3 Å². The molecule has 2 aliphatic rings. The number of para-hydroxylation sites is 1. The fourth-order valence-corrected chi connectivity index (χ4v) is 3.96. The Morgan fingerprint density at radius 1 is 1.33 bits per heavy atom. The molecule has 1 spiro atoms. The summed E-state index contributed by atoms with van der Waals surface area (Å²) in [5.74, 6) is 0.391. The van der Waals surface area contributed by atoms with Crippen LogP contribution in [0.2, 0.25) is 0 Å². The van der Waals surface area contributed by atoms with E-state index in [9.17, 15) is 10.1 Å². The second-order valence-electron chi connectivity index (χ2n) is 6.42. The van der Waals surface area contributed by atoms with Crippen molar-refractivity contribution in [2.24, 2.45) is 11.1 Å². The molecule has 1 aromatic carbocycles. The molecule has 0 radical (unpaired) electrons. The molecule has 3 rings (SSSR count). The molecule has 2 unspecified atom stereocenters. The van der Waals surface area contributed by atoms with E-state index in [0.717, 1.165) is 19.3 Å². The van der Waals surface area contributed by atoms with Crippen LogP contribution < -0.4 is 10.5 Å². The van der Waals surface area contributed by atoms with Crippen LogP contribution in [-0.4, -0.2) is 17.1 Å². The summed E-state index contributed by atoms with van der Waals surface area (Å²) >= 11 is 0. The van der Waals surface area contributed by atoms with Gasteiger partial charge in [0.15, 0.2) is 5.75 Å². The third-order valence-corrected chi connectivity index (χ3v) is 5.28. The minimum absolute atomic E-state index is 0.0216. The summed E-state index contributed by atoms with van der Waals surface area (Å²) in [6.45, 7) is 1.74. The average molecular weight is 290 g/mol. The van der Waals surface area contributed by atoms with Crippen molar-refractivity contribution in [3.8, 4) is 5.75 Å². The van der Waals surface area contributed by atoms with Gasteiger partial charge < -0.3 is 10.5 Å². The summed E-state index contributed by atoms with van der Waals surface area (Å²) in [4.78, 5) is 10.9. The van der Waals surface area contributed by atoms with Crippen molar-refractivity contribution in [2.45, 2.75) is 57.6 Å². The maximum absolute atomic E-state index is 11.3. The lowest BCUT2D eigenvalue weighted by Crippen LogP contribution is -2.64. The van der Waals surface area contributed by atoms with Gasteiger partial charge in [-0.1, -0.05) is 31.4 Å². The van der Waals surface area contributed by atoms with Crippen LogP contribution >= 0.6 is 0 Å². The van der Waals surface area contributed by atoms with E-state index in [0.29, 0.717) is 11.3 Å². The first-order valence-corrected chi connectivity index (χ1v) is 7.71. The molecular formula is C16H22N2O3. The Morgan fingerprint density at radius 3 is 2.67 bits per heavy atom. The maximum atomic E-state index is 11.3. The van der Waals surface area contributed by atoms with Crippen LogP contribution in [0.25, 0.3) is 0 Å². The normalized spacial score (nSPS) is 27.1. The molecule has 2 fully saturated rings. The molecule has 0 bridgehead atoms. The predicted octanol–water partition coefficient (Wildman–Crippen LogP) is 3.33. The van der Waals surface area contributed by atoms with Crippen LogP contribution in [0.15, 0.2) is 18.2 Å². The lowest BCUT2D eigenvalue weighted by Gasteiger charge is -2.55. The van der Waals surface area contributed by atoms with Crippen LogP contribution in [-0.2, 0) is 0 Å². The molecule has 114 valence electrons. The second kappa shape index (κ2) is 5.30. The molecule has 0 heterocycles. The highest BCUT2D eigenvalue weighted by Gasteiger charge is 2.55. The molecule has 5 heteroatoms. The first-order valence-electron chi connectivity index (χ1n) is 7.71. The third-order valence-electron chi connectivity index (χ3n) is 5.28. The van der Waals surface area contributed by atoms with Crippen molar-refractivity contribution in [2.75, 3.05) is 0 Å². The third kappa shape index (κ3) is 2.29. The van der Waals surface area contributed by atoms with Crippen molar-refractivity contribution >= 4 is 5.69 Å². The zero-order chi connectivity index (χ0) is 15.0. The van der Waals surface area contributed by atoms with Crippen molar-refractivity contribution in [3.63, 3.8) is 0 Å². The molecule has 2 aliphatic carbocycles. The van der Waals surface area contributed by atoms with Gasteiger partial charge in [0.05, 0.1) is 4.92 Å². The Balaban J connectivity index is 1.84. The first kappa shape index (κ1) is 14.3. The molecule has 2 atom stereocenters. The molecule has 0 saturated heterocycles. The first-order chi connectivity index (χ1) is 10.0. The zero-order valence-corrected chi connectivity index (χ0v) is 12.4. The second-order valence-corrected chi connectivity index (χ2v) is 6.42. The predicted molar refractivity (Wildman–Crippen MR) is 80.4 cm³/mol. The van der Waals surface area contributed by atoms with Crippen molar-refractivity contribution in [1.29, 1.82) is 0 Å². The monoisotopic (exact) mass is 290 g/mol. The van der Waals surface area contributed by atoms with E-state index in [-0.39, 0.29) is 28.2 Å². The fraction of sp³-hybridized carbons (Fsp3) is 0.625. The van der Waals surface area contributed by atoms with Crippen LogP contribution in [0.1, 0.15) is 44.1 Å². The number of hydrogen-bond donors (Lipinski definition) is 1. The summed E-state index contributed by atoms with van der Waals surface area (Å²) in [6.07, 6.45) is 6.61. The molecule has 21 heavy (non-hydrogen) atoms. The number of nitrogens with two attached hydrogens (primary N) is 1. The maximum Gasteiger partial charge on any atom is 0.313 e. The van der Waals surface area contributed by atoms with E-state index in [1.807, 2.05) is 6.07 Å². The summed E-state index contributed by atoms with van der Waals surface area (Å²) < 4.78 is 6.07. The van der Waals surface area contributed by atoms with Crippen LogP contribution in [0.4, 0.5) is 5.69 Å². The summed E-state index contributed by atoms with van der Waals surface area (Å²) in [6, 6.07) is 5.43. The Kier molecular flexibility index (Phi) is 3.61. The summed E-state index contributed by atoms with van der Waals surface area (Å²) in [7, 11) is 0. The summed E-state index contributed by atoms with van der Waals surface area (Å²) in [5, 5.41) is 11.3. The number of nitro groups is 1. The highest BCUT2D eigenvalue weighted by molar-refractivity contribution is 5.52. The molecule has 0 aliphatic heterocycles. The smallest absolute Gasteiger partial charge is 0.313 e. The van der Waals surface area contributed by atoms with Gasteiger partial charge in [0.2, 0.25) is 0 Å². The number of hydrogen-bond acceptors (Lipinski definition) is 4. The van der Waals surface area contributed by atoms with E-state index < -0.39 is 0 Å². The van der Waals surface area contributed by atoms with Crippen molar-refractivity contribution in [1.82, 2.24) is 0 Å². The molecular weight excluding hydrogens is 268 g/mol. The van der Waals surface area contributed by atoms with Crippen LogP contribution in [0.5, 0.6) is 5.75 Å². The number of rotatable bonds is 3. The number of ether oxygens (including phenoxy) is 1. The zero-order valence-electron chi connectivity index (χ0n) is 12.4. The van der Waals surface area contributed by atoms with Gasteiger partial charge in [-0.25, -0.2) is 0 Å². The van der Waals surface area contributed by atoms with Crippen LogP contribution in [0.3, 0.4) is 0 Å². The highest BCUT2D eigenvalue weighted by Crippen LogP contribution is 2.53. The fourth-order valence-electron chi connectivity index (χ4n) is 3.96. The number of nitro benzene ring substituents is 1. The van der Waals surface area contributed by atoms with Gasteiger partial charge in [-0.2, -0.15) is 0 Å². The highest BCUT2D eigenvalue weighted by atomic mass is 16.6. The van der Waals surface area contributed by atoms with Gasteiger partial charge in [0.1, 0.15) is 6.10 Å². The lowest BCUT2D eigenvalue weighted by atomic mass is 9.55. The van der Waals surface area contributed by atoms with Gasteiger partial charge in [-0.3, -0.25) is 10.1 Å². The van der Waals surface area contributed by atoms with E-state index in [4.69, 9.17) is 10.5 Å². The number of nitrogens with zero attached hydrogens (tertiary/aromatic N) is 1. The van der Waals surface area contributed by atoms with Crippen molar-refractivity contribution < 1.29 is 9.66 Å². The molecule has 0 amide bonds. The lowest BCUT2D eigenvalue weighted by molar-refractivity contribution is -0.386.